The maximum Gasteiger partial charge on any atom is 0.315 e. The second-order valence-electron chi connectivity index (χ2n) is 4.70. The molecule has 0 aromatic heterocycles. The summed E-state index contributed by atoms with van der Waals surface area (Å²) in [4.78, 5) is 22.6. The third-order valence-electron chi connectivity index (χ3n) is 2.71. The summed E-state index contributed by atoms with van der Waals surface area (Å²) in [6.07, 6.45) is 2.09. The van der Waals surface area contributed by atoms with Gasteiger partial charge in [0.15, 0.2) is 0 Å². The largest absolute Gasteiger partial charge is 0.352 e. The number of rotatable bonds is 5. The summed E-state index contributed by atoms with van der Waals surface area (Å²) in [6, 6.07) is 0.188. The Bertz CT molecular complexity index is 262. The highest BCUT2D eigenvalue weighted by molar-refractivity contribution is 5.84. The topological polar surface area (TPSA) is 70.2 Å². The van der Waals surface area contributed by atoms with Crippen LogP contribution in [0.1, 0.15) is 33.6 Å². The van der Waals surface area contributed by atoms with Gasteiger partial charge >= 0.3 is 6.03 Å². The monoisotopic (exact) mass is 227 g/mol. The molecule has 1 aliphatic carbocycles. The fourth-order valence-electron chi connectivity index (χ4n) is 1.10. The molecule has 3 N–H and O–H groups in total. The van der Waals surface area contributed by atoms with Crippen LogP contribution in [-0.4, -0.2) is 30.6 Å². The van der Waals surface area contributed by atoms with E-state index in [2.05, 4.69) is 16.0 Å². The van der Waals surface area contributed by atoms with Crippen LogP contribution in [0, 0.1) is 5.92 Å². The zero-order valence-corrected chi connectivity index (χ0v) is 10.2. The first-order valence-electron chi connectivity index (χ1n) is 5.82. The maximum atomic E-state index is 11.4. The molecule has 0 bridgehead atoms. The van der Waals surface area contributed by atoms with Crippen LogP contribution in [0.2, 0.25) is 0 Å². The molecule has 1 rings (SSSR count). The number of hydrogen-bond donors (Lipinski definition) is 3. The van der Waals surface area contributed by atoms with Gasteiger partial charge in [0.25, 0.3) is 0 Å². The van der Waals surface area contributed by atoms with Crippen molar-refractivity contribution in [2.24, 2.45) is 5.92 Å². The molecule has 1 aliphatic rings. The molecule has 5 nitrogen and oxygen atoms in total. The second-order valence-corrected chi connectivity index (χ2v) is 4.70. The Morgan fingerprint density at radius 1 is 1.25 bits per heavy atom. The summed E-state index contributed by atoms with van der Waals surface area (Å²) in [6.45, 7) is 6.07. The molecule has 1 fully saturated rings. The van der Waals surface area contributed by atoms with E-state index in [0.717, 1.165) is 12.8 Å². The molecule has 0 aromatic rings. The predicted molar refractivity (Wildman–Crippen MR) is 62.0 cm³/mol. The van der Waals surface area contributed by atoms with Gasteiger partial charge in [-0.1, -0.05) is 13.8 Å². The van der Waals surface area contributed by atoms with Crippen molar-refractivity contribution < 1.29 is 9.59 Å². The molecule has 0 radical (unpaired) electrons. The van der Waals surface area contributed by atoms with Crippen molar-refractivity contribution >= 4 is 11.9 Å². The minimum Gasteiger partial charge on any atom is -0.352 e. The normalized spacial score (nSPS) is 16.8. The fraction of sp³-hybridized carbons (Fsp3) is 0.818. The van der Waals surface area contributed by atoms with E-state index in [9.17, 15) is 9.59 Å². The van der Waals surface area contributed by atoms with Gasteiger partial charge < -0.3 is 16.0 Å². The first kappa shape index (κ1) is 12.8. The van der Waals surface area contributed by atoms with E-state index in [-0.39, 0.29) is 24.5 Å². The van der Waals surface area contributed by atoms with Crippen LogP contribution in [0.25, 0.3) is 0 Å². The lowest BCUT2D eigenvalue weighted by Crippen LogP contribution is -2.45. The van der Waals surface area contributed by atoms with Gasteiger partial charge in [0.2, 0.25) is 5.91 Å². The van der Waals surface area contributed by atoms with Crippen molar-refractivity contribution in [1.82, 2.24) is 16.0 Å². The summed E-state index contributed by atoms with van der Waals surface area (Å²) in [7, 11) is 0. The van der Waals surface area contributed by atoms with Crippen LogP contribution in [0.3, 0.4) is 0 Å². The quantitative estimate of drug-likeness (QED) is 0.644. The molecule has 0 saturated heterocycles. The number of amides is 3. The van der Waals surface area contributed by atoms with E-state index in [0.29, 0.717) is 12.0 Å². The molecule has 16 heavy (non-hydrogen) atoms. The fourth-order valence-corrected chi connectivity index (χ4v) is 1.10. The molecule has 0 aromatic carbocycles. The first-order chi connectivity index (χ1) is 7.49. The van der Waals surface area contributed by atoms with Crippen molar-refractivity contribution in [3.63, 3.8) is 0 Å². The Morgan fingerprint density at radius 3 is 2.38 bits per heavy atom. The third kappa shape index (κ3) is 5.00. The first-order valence-corrected chi connectivity index (χ1v) is 5.82. The Hall–Kier alpha value is -1.26. The van der Waals surface area contributed by atoms with E-state index in [1.54, 1.807) is 0 Å². The molecular weight excluding hydrogens is 206 g/mol. The molecule has 1 saturated carbocycles. The lowest BCUT2D eigenvalue weighted by molar-refractivity contribution is -0.120. The van der Waals surface area contributed by atoms with Crippen LogP contribution in [0.15, 0.2) is 0 Å². The molecule has 3 amide bonds. The average molecular weight is 227 g/mol. The zero-order valence-electron chi connectivity index (χ0n) is 10.2. The Morgan fingerprint density at radius 2 is 1.88 bits per heavy atom. The van der Waals surface area contributed by atoms with Gasteiger partial charge in [0.1, 0.15) is 0 Å². The molecular formula is C11H21N3O2. The summed E-state index contributed by atoms with van der Waals surface area (Å²) in [5.74, 6) is 0.247. The van der Waals surface area contributed by atoms with Gasteiger partial charge in [0, 0.05) is 12.1 Å². The minimum absolute atomic E-state index is 0.0373. The van der Waals surface area contributed by atoms with E-state index in [1.807, 2.05) is 20.8 Å². The molecule has 0 unspecified atom stereocenters. The Labute approximate surface area is 96.4 Å². The van der Waals surface area contributed by atoms with Gasteiger partial charge in [-0.05, 0) is 25.7 Å². The van der Waals surface area contributed by atoms with Gasteiger partial charge in [-0.25, -0.2) is 4.79 Å². The second kappa shape index (κ2) is 5.72. The SMILES string of the molecule is CC(C)[C@H](C)NC(=O)CNC(=O)NC1CC1. The van der Waals surface area contributed by atoms with Crippen molar-refractivity contribution in [3.05, 3.63) is 0 Å². The van der Waals surface area contributed by atoms with E-state index < -0.39 is 0 Å². The summed E-state index contributed by atoms with van der Waals surface area (Å²) >= 11 is 0. The lowest BCUT2D eigenvalue weighted by Gasteiger charge is -2.17. The number of hydrogen-bond acceptors (Lipinski definition) is 2. The van der Waals surface area contributed by atoms with Crippen LogP contribution in [0.5, 0.6) is 0 Å². The molecule has 1 atom stereocenters. The van der Waals surface area contributed by atoms with Gasteiger partial charge in [-0.3, -0.25) is 4.79 Å². The van der Waals surface area contributed by atoms with Gasteiger partial charge in [-0.2, -0.15) is 0 Å². The maximum absolute atomic E-state index is 11.4. The Kier molecular flexibility index (Phi) is 4.58. The van der Waals surface area contributed by atoms with Crippen molar-refractivity contribution in [3.8, 4) is 0 Å². The zero-order chi connectivity index (χ0) is 12.1. The van der Waals surface area contributed by atoms with Crippen LogP contribution >= 0.6 is 0 Å². The molecule has 92 valence electrons. The predicted octanol–water partition coefficient (Wildman–Crippen LogP) is 0.609. The van der Waals surface area contributed by atoms with E-state index in [4.69, 9.17) is 0 Å². The van der Waals surface area contributed by atoms with E-state index >= 15 is 0 Å². The standard InChI is InChI=1S/C11H21N3O2/c1-7(2)8(3)13-10(15)6-12-11(16)14-9-4-5-9/h7-9H,4-6H2,1-3H3,(H,13,15)(H2,12,14,16)/t8-/m0/s1. The smallest absolute Gasteiger partial charge is 0.315 e. The molecule has 5 heteroatoms. The van der Waals surface area contributed by atoms with E-state index in [1.165, 1.54) is 0 Å². The lowest BCUT2D eigenvalue weighted by atomic mass is 10.1. The van der Waals surface area contributed by atoms with Crippen molar-refractivity contribution in [1.29, 1.82) is 0 Å². The number of carbonyl (C=O) groups is 2. The highest BCUT2D eigenvalue weighted by atomic mass is 16.2. The number of urea groups is 1. The Balaban J connectivity index is 2.11. The van der Waals surface area contributed by atoms with Gasteiger partial charge in [0.05, 0.1) is 6.54 Å². The van der Waals surface area contributed by atoms with Crippen LogP contribution < -0.4 is 16.0 Å². The van der Waals surface area contributed by atoms with Gasteiger partial charge in [-0.15, -0.1) is 0 Å². The summed E-state index contributed by atoms with van der Waals surface area (Å²) < 4.78 is 0. The van der Waals surface area contributed by atoms with Crippen molar-refractivity contribution in [2.45, 2.75) is 45.7 Å². The van der Waals surface area contributed by atoms with Crippen LogP contribution in [0.4, 0.5) is 4.79 Å². The van der Waals surface area contributed by atoms with Crippen LogP contribution in [-0.2, 0) is 4.79 Å². The molecule has 0 spiro atoms. The number of nitrogens with one attached hydrogen (secondary N) is 3. The highest BCUT2D eigenvalue weighted by Crippen LogP contribution is 2.18. The highest BCUT2D eigenvalue weighted by Gasteiger charge is 2.23. The number of carbonyl (C=O) groups excluding carboxylic acids is 2. The summed E-state index contributed by atoms with van der Waals surface area (Å²) in [5.41, 5.74) is 0. The molecule has 0 heterocycles. The molecule has 0 aliphatic heterocycles. The summed E-state index contributed by atoms with van der Waals surface area (Å²) in [5, 5.41) is 8.11. The average Bonchev–Trinajstić information content (AvgIpc) is 2.98. The third-order valence-corrected chi connectivity index (χ3v) is 2.71. The van der Waals surface area contributed by atoms with Crippen molar-refractivity contribution in [2.75, 3.05) is 6.54 Å². The minimum atomic E-state index is -0.255.